The van der Waals surface area contributed by atoms with E-state index in [0.717, 1.165) is 32.1 Å². The Morgan fingerprint density at radius 3 is 2.89 bits per heavy atom. The van der Waals surface area contributed by atoms with Gasteiger partial charge in [-0.05, 0) is 30.4 Å². The largest absolute Gasteiger partial charge is 0.331 e. The molecule has 1 N–H and O–H groups in total. The van der Waals surface area contributed by atoms with Gasteiger partial charge in [0.05, 0.1) is 28.4 Å². The lowest BCUT2D eigenvalue weighted by molar-refractivity contribution is 1.05. The average Bonchev–Trinajstić information content (AvgIpc) is 2.65. The van der Waals surface area contributed by atoms with Gasteiger partial charge in [0.2, 0.25) is 0 Å². The highest BCUT2D eigenvalue weighted by Crippen LogP contribution is 2.27. The van der Waals surface area contributed by atoms with Gasteiger partial charge in [-0.15, -0.1) is 0 Å². The van der Waals surface area contributed by atoms with E-state index < -0.39 is 0 Å². The predicted octanol–water partition coefficient (Wildman–Crippen LogP) is 3.05. The molecule has 4 rings (SSSR count). The molecular formula is C14H8BrN3O. The van der Waals surface area contributed by atoms with Crippen molar-refractivity contribution in [1.29, 1.82) is 0 Å². The Labute approximate surface area is 116 Å². The number of aromatic nitrogens is 3. The maximum absolute atomic E-state index is 12.1. The summed E-state index contributed by atoms with van der Waals surface area (Å²) in [7, 11) is 0. The number of H-pyrrole nitrogens is 1. The third-order valence-electron chi connectivity index (χ3n) is 3.26. The molecule has 0 unspecified atom stereocenters. The summed E-state index contributed by atoms with van der Waals surface area (Å²) in [6.45, 7) is 0. The number of fused-ring (bicyclic) bond motifs is 3. The van der Waals surface area contributed by atoms with Crippen molar-refractivity contribution in [1.82, 2.24) is 14.5 Å². The fraction of sp³-hybridized carbons (Fsp3) is 0. The van der Waals surface area contributed by atoms with Crippen LogP contribution >= 0.6 is 15.9 Å². The molecule has 0 aliphatic heterocycles. The van der Waals surface area contributed by atoms with Gasteiger partial charge in [0, 0.05) is 9.86 Å². The van der Waals surface area contributed by atoms with E-state index in [1.54, 1.807) is 10.8 Å². The minimum Gasteiger partial charge on any atom is -0.304 e. The molecule has 0 radical (unpaired) electrons. The Kier molecular flexibility index (Phi) is 2.08. The first-order valence-corrected chi connectivity index (χ1v) is 6.61. The Hall–Kier alpha value is -2.14. The van der Waals surface area contributed by atoms with E-state index in [0.29, 0.717) is 0 Å². The molecule has 0 saturated carbocycles. The smallest absolute Gasteiger partial charge is 0.304 e. The molecule has 1 aromatic carbocycles. The molecule has 0 bridgehead atoms. The summed E-state index contributed by atoms with van der Waals surface area (Å²) in [5, 5.41) is 0.950. The van der Waals surface area contributed by atoms with Gasteiger partial charge in [0.25, 0.3) is 0 Å². The molecule has 2 heterocycles. The van der Waals surface area contributed by atoms with Crippen LogP contribution in [0.2, 0.25) is 0 Å². The highest BCUT2D eigenvalue weighted by molar-refractivity contribution is 9.10. The van der Waals surface area contributed by atoms with Crippen LogP contribution in [0.3, 0.4) is 0 Å². The number of nitrogens with one attached hydrogen (secondary N) is 1. The first kappa shape index (κ1) is 10.8. The summed E-state index contributed by atoms with van der Waals surface area (Å²) in [6.07, 6.45) is 7.45. The standard InChI is InChI=1S/C14H8BrN3O/c15-8-4-5-11-10(6-8)13-12(7-16-11)17-14(19)18(13)9-2-1-3-9/h1-7H,(H,17,19). The lowest BCUT2D eigenvalue weighted by atomic mass is 10.1. The van der Waals surface area contributed by atoms with Crippen LogP contribution in [0, 0.1) is 0 Å². The molecule has 92 valence electrons. The lowest BCUT2D eigenvalue weighted by Gasteiger charge is -2.10. The maximum atomic E-state index is 12.1. The summed E-state index contributed by atoms with van der Waals surface area (Å²) in [5.74, 6) is 0. The van der Waals surface area contributed by atoms with Gasteiger partial charge in [-0.1, -0.05) is 22.0 Å². The molecule has 0 spiro atoms. The van der Waals surface area contributed by atoms with Gasteiger partial charge >= 0.3 is 5.69 Å². The zero-order valence-corrected chi connectivity index (χ0v) is 11.3. The molecule has 0 saturated heterocycles. The van der Waals surface area contributed by atoms with Crippen LogP contribution < -0.4 is 5.69 Å². The van der Waals surface area contributed by atoms with E-state index in [4.69, 9.17) is 0 Å². The fourth-order valence-corrected chi connectivity index (χ4v) is 2.69. The van der Waals surface area contributed by atoms with Gasteiger partial charge in [-0.3, -0.25) is 9.55 Å². The average molecular weight is 314 g/mol. The number of halogens is 1. The monoisotopic (exact) mass is 313 g/mol. The van der Waals surface area contributed by atoms with Crippen molar-refractivity contribution in [2.45, 2.75) is 0 Å². The van der Waals surface area contributed by atoms with Gasteiger partial charge in [0.15, 0.2) is 0 Å². The minimum absolute atomic E-state index is 0.139. The van der Waals surface area contributed by atoms with E-state index in [-0.39, 0.29) is 5.69 Å². The molecule has 3 aromatic rings. The first-order chi connectivity index (χ1) is 9.24. The van der Waals surface area contributed by atoms with E-state index >= 15 is 0 Å². The molecule has 0 atom stereocenters. The summed E-state index contributed by atoms with van der Waals surface area (Å²) >= 11 is 3.46. The van der Waals surface area contributed by atoms with Gasteiger partial charge in [-0.25, -0.2) is 4.79 Å². The molecule has 0 fully saturated rings. The summed E-state index contributed by atoms with van der Waals surface area (Å²) in [6, 6.07) is 5.86. The Morgan fingerprint density at radius 2 is 2.16 bits per heavy atom. The molecule has 4 nitrogen and oxygen atoms in total. The molecule has 5 heteroatoms. The number of allylic oxidation sites excluding steroid dienone is 4. The molecule has 1 aliphatic carbocycles. The fourth-order valence-electron chi connectivity index (χ4n) is 2.33. The minimum atomic E-state index is -0.139. The number of rotatable bonds is 1. The number of hydrogen-bond acceptors (Lipinski definition) is 2. The Bertz CT molecular complexity index is 946. The highest BCUT2D eigenvalue weighted by Gasteiger charge is 2.14. The van der Waals surface area contributed by atoms with Crippen molar-refractivity contribution in [2.24, 2.45) is 0 Å². The van der Waals surface area contributed by atoms with E-state index in [1.165, 1.54) is 0 Å². The number of nitrogens with zero attached hydrogens (tertiary/aromatic N) is 2. The summed E-state index contributed by atoms with van der Waals surface area (Å²) < 4.78 is 2.65. The zero-order valence-electron chi connectivity index (χ0n) is 9.72. The number of aromatic amines is 1. The van der Waals surface area contributed by atoms with Crippen molar-refractivity contribution in [3.05, 3.63) is 57.6 Å². The topological polar surface area (TPSA) is 50.7 Å². The van der Waals surface area contributed by atoms with Crippen molar-refractivity contribution >= 4 is 43.6 Å². The van der Waals surface area contributed by atoms with Gasteiger partial charge in [0.1, 0.15) is 0 Å². The maximum Gasteiger partial charge on any atom is 0.331 e. The number of benzene rings is 1. The van der Waals surface area contributed by atoms with E-state index in [2.05, 4.69) is 25.9 Å². The number of imidazole rings is 1. The third kappa shape index (κ3) is 1.45. The van der Waals surface area contributed by atoms with Gasteiger partial charge in [-0.2, -0.15) is 0 Å². The van der Waals surface area contributed by atoms with Crippen molar-refractivity contribution in [3.63, 3.8) is 0 Å². The van der Waals surface area contributed by atoms with Crippen LogP contribution in [-0.2, 0) is 0 Å². The van der Waals surface area contributed by atoms with Crippen LogP contribution in [0.15, 0.2) is 51.9 Å². The molecular weight excluding hydrogens is 306 g/mol. The van der Waals surface area contributed by atoms with Crippen LogP contribution in [0.25, 0.3) is 27.6 Å². The van der Waals surface area contributed by atoms with E-state index in [9.17, 15) is 4.79 Å². The van der Waals surface area contributed by atoms with Crippen molar-refractivity contribution in [2.75, 3.05) is 0 Å². The van der Waals surface area contributed by atoms with Crippen molar-refractivity contribution in [3.8, 4) is 0 Å². The molecule has 19 heavy (non-hydrogen) atoms. The van der Waals surface area contributed by atoms with Crippen LogP contribution in [-0.4, -0.2) is 14.5 Å². The number of hydrogen-bond donors (Lipinski definition) is 1. The SMILES string of the molecule is O=c1[nH]c2cnc3ccc(Br)cc3c2n1C1=CC=C1. The van der Waals surface area contributed by atoms with Gasteiger partial charge < -0.3 is 4.98 Å². The van der Waals surface area contributed by atoms with Crippen molar-refractivity contribution < 1.29 is 0 Å². The second-order valence-corrected chi connectivity index (χ2v) is 5.31. The number of pyridine rings is 1. The molecule has 2 aromatic heterocycles. The van der Waals surface area contributed by atoms with Crippen LogP contribution in [0.5, 0.6) is 0 Å². The second-order valence-electron chi connectivity index (χ2n) is 4.40. The second kappa shape index (κ2) is 3.68. The summed E-state index contributed by atoms with van der Waals surface area (Å²) in [5.41, 5.74) is 3.24. The molecule has 0 amide bonds. The normalized spacial score (nSPS) is 13.8. The Morgan fingerprint density at radius 1 is 1.32 bits per heavy atom. The zero-order chi connectivity index (χ0) is 13.0. The lowest BCUT2D eigenvalue weighted by Crippen LogP contribution is -2.16. The molecule has 1 aliphatic rings. The van der Waals surface area contributed by atoms with Crippen LogP contribution in [0.4, 0.5) is 0 Å². The Balaban J connectivity index is 2.24. The van der Waals surface area contributed by atoms with Crippen LogP contribution in [0.1, 0.15) is 0 Å². The first-order valence-electron chi connectivity index (χ1n) is 5.82. The quantitative estimate of drug-likeness (QED) is 0.750. The summed E-state index contributed by atoms with van der Waals surface area (Å²) in [4.78, 5) is 19.3. The predicted molar refractivity (Wildman–Crippen MR) is 79.0 cm³/mol. The van der Waals surface area contributed by atoms with E-state index in [1.807, 2.05) is 36.4 Å². The third-order valence-corrected chi connectivity index (χ3v) is 3.76. The highest BCUT2D eigenvalue weighted by atomic mass is 79.9.